The highest BCUT2D eigenvalue weighted by molar-refractivity contribution is 6.02. The van der Waals surface area contributed by atoms with Gasteiger partial charge in [0.2, 0.25) is 0 Å². The van der Waals surface area contributed by atoms with Gasteiger partial charge in [-0.3, -0.25) is 9.48 Å². The van der Waals surface area contributed by atoms with E-state index in [0.29, 0.717) is 35.2 Å². The third-order valence-corrected chi connectivity index (χ3v) is 7.47. The first kappa shape index (κ1) is 29.4. The number of fused-ring (bicyclic) bond motifs is 1. The van der Waals surface area contributed by atoms with E-state index in [4.69, 9.17) is 18.6 Å². The van der Waals surface area contributed by atoms with Crippen LogP contribution in [-0.2, 0) is 4.74 Å². The van der Waals surface area contributed by atoms with E-state index in [1.54, 1.807) is 11.1 Å². The van der Waals surface area contributed by atoms with Gasteiger partial charge < -0.3 is 28.8 Å². The Labute approximate surface area is 250 Å². The van der Waals surface area contributed by atoms with Crippen molar-refractivity contribution in [2.45, 2.75) is 57.7 Å². The minimum atomic E-state index is -3.21. The van der Waals surface area contributed by atoms with Crippen molar-refractivity contribution in [3.63, 3.8) is 0 Å². The Morgan fingerprint density at radius 3 is 2.48 bits per heavy atom. The number of rotatable bonds is 8. The van der Waals surface area contributed by atoms with Crippen molar-refractivity contribution in [2.24, 2.45) is 0 Å². The highest BCUT2D eigenvalue weighted by atomic mass is 19.3. The monoisotopic (exact) mass is 612 g/mol. The number of ether oxygens (including phenoxy) is 3. The summed E-state index contributed by atoms with van der Waals surface area (Å²) >= 11 is 0. The van der Waals surface area contributed by atoms with E-state index in [0.717, 1.165) is 11.1 Å². The zero-order chi connectivity index (χ0) is 31.3. The number of carbonyl (C=O) groups excluding carboxylic acids is 2. The van der Waals surface area contributed by atoms with Crippen LogP contribution in [0.4, 0.5) is 18.0 Å². The molecule has 0 spiro atoms. The summed E-state index contributed by atoms with van der Waals surface area (Å²) in [7, 11) is 1.30. The van der Waals surface area contributed by atoms with Gasteiger partial charge in [0.1, 0.15) is 34.4 Å². The van der Waals surface area contributed by atoms with Crippen molar-refractivity contribution in [3.8, 4) is 33.8 Å². The number of halogens is 3. The Bertz CT molecular complexity index is 1720. The number of benzene rings is 2. The Morgan fingerprint density at radius 1 is 1.09 bits per heavy atom. The van der Waals surface area contributed by atoms with E-state index in [1.165, 1.54) is 25.5 Å². The Balaban J connectivity index is 1.23. The van der Waals surface area contributed by atoms with Gasteiger partial charge in [0.25, 0.3) is 5.91 Å². The van der Waals surface area contributed by atoms with Crippen molar-refractivity contribution in [2.75, 3.05) is 20.2 Å². The van der Waals surface area contributed by atoms with Gasteiger partial charge in [-0.2, -0.15) is 13.9 Å². The second-order valence-electron chi connectivity index (χ2n) is 11.9. The van der Waals surface area contributed by atoms with Crippen LogP contribution in [0.3, 0.4) is 0 Å². The fraction of sp³-hybridized carbons (Fsp3) is 0.387. The van der Waals surface area contributed by atoms with E-state index in [1.807, 2.05) is 49.8 Å². The minimum Gasteiger partial charge on any atom is -0.496 e. The molecule has 0 bridgehead atoms. The van der Waals surface area contributed by atoms with Crippen LogP contribution >= 0.6 is 0 Å². The second kappa shape index (κ2) is 11.1. The molecule has 1 aliphatic carbocycles. The molecule has 3 heterocycles. The van der Waals surface area contributed by atoms with Gasteiger partial charge in [-0.1, -0.05) is 6.07 Å². The summed E-state index contributed by atoms with van der Waals surface area (Å²) in [6.45, 7) is 3.26. The average molecular weight is 613 g/mol. The number of carbonyl (C=O) groups is 2. The van der Waals surface area contributed by atoms with E-state index >= 15 is 0 Å². The molecule has 13 heteroatoms. The summed E-state index contributed by atoms with van der Waals surface area (Å²) in [6, 6.07) is 7.75. The average Bonchev–Trinajstić information content (AvgIpc) is 3.27. The smallest absolute Gasteiger partial charge is 0.410 e. The van der Waals surface area contributed by atoms with Crippen LogP contribution < -0.4 is 14.8 Å². The summed E-state index contributed by atoms with van der Waals surface area (Å²) in [4.78, 5) is 26.7. The van der Waals surface area contributed by atoms with Gasteiger partial charge in [0.05, 0.1) is 31.7 Å². The largest absolute Gasteiger partial charge is 0.496 e. The molecule has 2 amide bonds. The predicted molar refractivity (Wildman–Crippen MR) is 154 cm³/mol. The summed E-state index contributed by atoms with van der Waals surface area (Å²) in [5.74, 6) is -1.18. The quantitative estimate of drug-likeness (QED) is 0.252. The maximum absolute atomic E-state index is 13.4. The third kappa shape index (κ3) is 5.90. The Kier molecular flexibility index (Phi) is 7.42. The fourth-order valence-electron chi connectivity index (χ4n) is 5.09. The summed E-state index contributed by atoms with van der Waals surface area (Å²) in [5.41, 5.74) is 2.39. The van der Waals surface area contributed by atoms with Gasteiger partial charge in [-0.15, -0.1) is 0 Å². The molecule has 0 unspecified atom stereocenters. The molecule has 1 N–H and O–H groups in total. The van der Waals surface area contributed by atoms with Gasteiger partial charge in [-0.05, 0) is 56.2 Å². The molecular weight excluding hydrogens is 581 g/mol. The molecule has 0 radical (unpaired) electrons. The van der Waals surface area contributed by atoms with Crippen LogP contribution in [0, 0.1) is 0 Å². The number of furan rings is 1. The molecule has 4 aromatic rings. The van der Waals surface area contributed by atoms with Crippen LogP contribution in [0.5, 0.6) is 11.5 Å². The summed E-state index contributed by atoms with van der Waals surface area (Å²) in [5, 5.41) is 7.65. The van der Waals surface area contributed by atoms with Gasteiger partial charge >= 0.3 is 12.7 Å². The zero-order valence-electron chi connectivity index (χ0n) is 24.5. The molecule has 6 rings (SSSR count). The lowest BCUT2D eigenvalue weighted by Gasteiger charge is -2.39. The van der Waals surface area contributed by atoms with Crippen molar-refractivity contribution in [1.29, 1.82) is 0 Å². The first-order chi connectivity index (χ1) is 20.9. The number of nitrogens with one attached hydrogen (secondary N) is 1. The predicted octanol–water partition coefficient (Wildman–Crippen LogP) is 6.21. The maximum Gasteiger partial charge on any atom is 0.410 e. The summed E-state index contributed by atoms with van der Waals surface area (Å²) < 4.78 is 63.3. The number of nitrogens with zero attached hydrogens (tertiary/aromatic N) is 3. The van der Waals surface area contributed by atoms with Crippen LogP contribution in [0.25, 0.3) is 33.2 Å². The molecule has 2 fully saturated rings. The van der Waals surface area contributed by atoms with Crippen LogP contribution in [-0.4, -0.2) is 71.3 Å². The zero-order valence-corrected chi connectivity index (χ0v) is 24.5. The lowest BCUT2D eigenvalue weighted by Crippen LogP contribution is -2.52. The topological polar surface area (TPSA) is 108 Å². The molecule has 1 aliphatic heterocycles. The van der Waals surface area contributed by atoms with Crippen LogP contribution in [0.15, 0.2) is 53.4 Å². The SMILES string of the molecule is COc1cc(-c2coc3cc(-c4cnn(C5CN(C(=O)OC(C)(C)C)C5)c4)ccc23)cc(OC(F)F)c1C(=O)N[C@@H]1C[C@@H]1F. The highest BCUT2D eigenvalue weighted by Crippen LogP contribution is 2.40. The van der Waals surface area contributed by atoms with Crippen molar-refractivity contribution in [1.82, 2.24) is 20.0 Å². The number of alkyl halides is 3. The number of amides is 2. The number of likely N-dealkylation sites (tertiary alicyclic amines) is 1. The Morgan fingerprint density at radius 2 is 1.82 bits per heavy atom. The highest BCUT2D eigenvalue weighted by Gasteiger charge is 2.40. The first-order valence-corrected chi connectivity index (χ1v) is 14.1. The molecule has 2 atom stereocenters. The Hall–Kier alpha value is -4.68. The third-order valence-electron chi connectivity index (χ3n) is 7.47. The molecule has 1 saturated carbocycles. The lowest BCUT2D eigenvalue weighted by molar-refractivity contribution is -0.0502. The van der Waals surface area contributed by atoms with Crippen LogP contribution in [0.2, 0.25) is 0 Å². The number of hydrogen-bond donors (Lipinski definition) is 1. The number of aromatic nitrogens is 2. The minimum absolute atomic E-state index is 0.00804. The molecule has 10 nitrogen and oxygen atoms in total. The first-order valence-electron chi connectivity index (χ1n) is 14.1. The van der Waals surface area contributed by atoms with Crippen molar-refractivity contribution in [3.05, 3.63) is 54.6 Å². The maximum atomic E-state index is 13.4. The van der Waals surface area contributed by atoms with E-state index in [-0.39, 0.29) is 29.9 Å². The lowest BCUT2D eigenvalue weighted by atomic mass is 9.99. The number of hydrogen-bond acceptors (Lipinski definition) is 7. The summed E-state index contributed by atoms with van der Waals surface area (Å²) in [6.07, 6.45) is 3.75. The van der Waals surface area contributed by atoms with E-state index in [9.17, 15) is 22.8 Å². The van der Waals surface area contributed by atoms with E-state index in [2.05, 4.69) is 10.4 Å². The molecule has 2 aromatic carbocycles. The van der Waals surface area contributed by atoms with Gasteiger partial charge in [0.15, 0.2) is 0 Å². The molecular formula is C31H31F3N4O6. The standard InChI is InChI=1S/C31H31F3N4O6/c1-31(2,3)44-30(40)37-13-19(14-37)38-12-18(11-35-38)16-5-6-20-21(15-42-24(20)7-16)17-8-25(41-4)27(26(9-17)43-29(33)34)28(39)36-23-10-22(23)32/h5-9,11-12,15,19,22-23,29H,10,13-14H2,1-4H3,(H,36,39)/t22-,23+/m0/s1. The molecule has 232 valence electrons. The number of methoxy groups -OCH3 is 1. The van der Waals surface area contributed by atoms with E-state index < -0.39 is 36.1 Å². The molecule has 44 heavy (non-hydrogen) atoms. The molecule has 2 aliphatic rings. The van der Waals surface area contributed by atoms with Crippen LogP contribution in [0.1, 0.15) is 43.6 Å². The van der Waals surface area contributed by atoms with Crippen molar-refractivity contribution >= 4 is 23.0 Å². The normalized spacial score (nSPS) is 18.3. The van der Waals surface area contributed by atoms with Gasteiger partial charge in [-0.25, -0.2) is 9.18 Å². The van der Waals surface area contributed by atoms with Gasteiger partial charge in [0, 0.05) is 42.2 Å². The molecule has 2 aromatic heterocycles. The molecule has 1 saturated heterocycles. The fourth-order valence-corrected chi connectivity index (χ4v) is 5.09. The van der Waals surface area contributed by atoms with Crippen molar-refractivity contribution < 1.29 is 41.4 Å². The second-order valence-corrected chi connectivity index (χ2v) is 11.9.